The summed E-state index contributed by atoms with van der Waals surface area (Å²) in [4.78, 5) is 25.0. The van der Waals surface area contributed by atoms with E-state index in [-0.39, 0.29) is 17.3 Å². The number of nitrogens with one attached hydrogen (secondary N) is 6. The first-order valence-electron chi connectivity index (χ1n) is 11.0. The minimum atomic E-state index is -0.553. The fourth-order valence-corrected chi connectivity index (χ4v) is 3.18. The normalized spacial score (nSPS) is 10.7. The average molecular weight is 479 g/mol. The molecule has 12 heteroatoms. The molecule has 0 bridgehead atoms. The highest BCUT2D eigenvalue weighted by Gasteiger charge is 2.15. The summed E-state index contributed by atoms with van der Waals surface area (Å²) in [5.74, 6) is -0.929. The Morgan fingerprint density at radius 1 is 0.886 bits per heavy atom. The van der Waals surface area contributed by atoms with Gasteiger partial charge in [0.2, 0.25) is 0 Å². The van der Waals surface area contributed by atoms with Gasteiger partial charge in [-0.1, -0.05) is 24.3 Å². The van der Waals surface area contributed by atoms with Crippen molar-refractivity contribution >= 4 is 29.1 Å². The van der Waals surface area contributed by atoms with Crippen LogP contribution in [0.3, 0.4) is 0 Å². The van der Waals surface area contributed by atoms with Gasteiger partial charge >= 0.3 is 0 Å². The molecule has 1 aromatic heterocycles. The molecule has 0 unspecified atom stereocenters. The summed E-state index contributed by atoms with van der Waals surface area (Å²) in [6.07, 6.45) is 0.884. The molecule has 0 radical (unpaired) electrons. The van der Waals surface area contributed by atoms with Gasteiger partial charge in [0.15, 0.2) is 11.7 Å². The zero-order valence-electron chi connectivity index (χ0n) is 19.1. The number of amides is 2. The summed E-state index contributed by atoms with van der Waals surface area (Å²) in [7, 11) is 0. The van der Waals surface area contributed by atoms with E-state index >= 15 is 0 Å². The van der Waals surface area contributed by atoms with Crippen molar-refractivity contribution in [3.63, 3.8) is 0 Å². The van der Waals surface area contributed by atoms with Gasteiger partial charge in [-0.25, -0.2) is 0 Å². The molecule has 0 spiro atoms. The van der Waals surface area contributed by atoms with Crippen molar-refractivity contribution in [2.45, 2.75) is 19.1 Å². The molecule has 0 fully saturated rings. The maximum absolute atomic E-state index is 12.5. The molecule has 0 aliphatic heterocycles. The van der Waals surface area contributed by atoms with E-state index in [0.29, 0.717) is 30.9 Å². The van der Waals surface area contributed by atoms with E-state index in [4.69, 9.17) is 22.6 Å². The number of carbonyl (C=O) groups excluding carboxylic acids is 2. The number of hydrogen-bond acceptors (Lipinski definition) is 7. The van der Waals surface area contributed by atoms with Crippen LogP contribution in [0.5, 0.6) is 0 Å². The van der Waals surface area contributed by atoms with Crippen LogP contribution in [-0.4, -0.2) is 47.4 Å². The molecule has 3 rings (SSSR count). The minimum Gasteiger partial charge on any atom is -0.370 e. The molecule has 184 valence electrons. The Labute approximate surface area is 202 Å². The summed E-state index contributed by atoms with van der Waals surface area (Å²) < 4.78 is 0. The summed E-state index contributed by atoms with van der Waals surface area (Å²) in [6, 6.07) is 16.1. The summed E-state index contributed by atoms with van der Waals surface area (Å²) >= 11 is 0. The monoisotopic (exact) mass is 478 g/mol. The number of carbonyl (C=O) groups is 2. The van der Waals surface area contributed by atoms with Crippen molar-refractivity contribution < 1.29 is 9.59 Å². The highest BCUT2D eigenvalue weighted by Crippen LogP contribution is 2.14. The second-order valence-electron chi connectivity index (χ2n) is 7.79. The number of H-pyrrole nitrogens is 1. The van der Waals surface area contributed by atoms with Gasteiger partial charge in [-0.2, -0.15) is 5.10 Å². The van der Waals surface area contributed by atoms with Gasteiger partial charge < -0.3 is 33.2 Å². The van der Waals surface area contributed by atoms with Crippen LogP contribution in [0.1, 0.15) is 32.1 Å². The van der Waals surface area contributed by atoms with Gasteiger partial charge in [0.05, 0.1) is 0 Å². The van der Waals surface area contributed by atoms with Crippen LogP contribution in [0.4, 0.5) is 11.4 Å². The van der Waals surface area contributed by atoms with E-state index in [1.807, 2.05) is 24.3 Å². The fraction of sp³-hybridized carbons (Fsp3) is 0.217. The number of benzene rings is 2. The molecular formula is C23H30N10O2. The Kier molecular flexibility index (Phi) is 8.89. The second-order valence-corrected chi connectivity index (χ2v) is 7.79. The second kappa shape index (κ2) is 12.3. The van der Waals surface area contributed by atoms with E-state index in [1.165, 1.54) is 6.07 Å². The van der Waals surface area contributed by atoms with Crippen molar-refractivity contribution in [3.8, 4) is 0 Å². The maximum atomic E-state index is 12.5. The van der Waals surface area contributed by atoms with Crippen molar-refractivity contribution in [1.82, 2.24) is 20.8 Å². The van der Waals surface area contributed by atoms with E-state index < -0.39 is 18.1 Å². The number of guanidine groups is 1. The molecule has 2 aromatic carbocycles. The van der Waals surface area contributed by atoms with Crippen LogP contribution in [0, 0.1) is 5.41 Å². The molecule has 0 saturated heterocycles. The minimum absolute atomic E-state index is 0.0726. The summed E-state index contributed by atoms with van der Waals surface area (Å²) in [5.41, 5.74) is 19.7. The lowest BCUT2D eigenvalue weighted by molar-refractivity contribution is 0.101. The first-order chi connectivity index (χ1) is 16.8. The Hall–Kier alpha value is -4.26. The van der Waals surface area contributed by atoms with Crippen LogP contribution in [-0.2, 0) is 12.8 Å². The summed E-state index contributed by atoms with van der Waals surface area (Å²) in [6.45, 7) is 1.19. The van der Waals surface area contributed by atoms with E-state index in [9.17, 15) is 9.59 Å². The number of nitrogens with two attached hydrogens (primary N) is 3. The molecule has 0 aliphatic rings. The van der Waals surface area contributed by atoms with Gasteiger partial charge in [-0.05, 0) is 48.2 Å². The first-order valence-corrected chi connectivity index (χ1v) is 11.0. The fourth-order valence-electron chi connectivity index (χ4n) is 3.18. The van der Waals surface area contributed by atoms with Gasteiger partial charge in [0, 0.05) is 30.5 Å². The van der Waals surface area contributed by atoms with Gasteiger partial charge in [-0.3, -0.25) is 25.4 Å². The van der Waals surface area contributed by atoms with Crippen LogP contribution < -0.4 is 38.5 Å². The third-order valence-electron chi connectivity index (χ3n) is 5.00. The number of nitrogens with zero attached hydrogens (tertiary/aromatic N) is 1. The van der Waals surface area contributed by atoms with Crippen molar-refractivity contribution in [2.24, 2.45) is 17.2 Å². The van der Waals surface area contributed by atoms with Gasteiger partial charge in [0.25, 0.3) is 11.8 Å². The average Bonchev–Trinajstić information content (AvgIpc) is 3.32. The zero-order chi connectivity index (χ0) is 25.2. The van der Waals surface area contributed by atoms with E-state index in [2.05, 4.69) is 31.5 Å². The quantitative estimate of drug-likeness (QED) is 0.106. The highest BCUT2D eigenvalue weighted by molar-refractivity contribution is 6.07. The lowest BCUT2D eigenvalue weighted by Crippen LogP contribution is -2.45. The molecular weight excluding hydrogens is 448 g/mol. The molecule has 0 atom stereocenters. The number of anilines is 2. The van der Waals surface area contributed by atoms with Gasteiger partial charge in [0.1, 0.15) is 12.0 Å². The lowest BCUT2D eigenvalue weighted by Gasteiger charge is -2.09. The van der Waals surface area contributed by atoms with Gasteiger partial charge in [-0.15, -0.1) is 0 Å². The SMILES string of the molecule is N=C(N)NCCc1ccc(NC(=O)c2cc(C(=O)Nc3ccc(CCNC(N)N)cc3)[nH]n2)cc1. The molecule has 2 amide bonds. The third-order valence-corrected chi connectivity index (χ3v) is 5.00. The standard InChI is InChI=1S/C23H30N10O2/c24-22(25)28-11-9-14-1-5-16(6-2-14)30-20(34)18-13-19(33-32-18)21(35)31-17-7-3-15(4-8-17)10-12-29-23(26)27/h1-8,13,22,28H,9-12,24-25H2,(H,30,34)(H,31,35)(H,32,33)(H4,26,27,29). The molecule has 35 heavy (non-hydrogen) atoms. The van der Waals surface area contributed by atoms with Crippen molar-refractivity contribution in [3.05, 3.63) is 77.1 Å². The third kappa shape index (κ3) is 8.23. The number of aromatic nitrogens is 2. The molecule has 12 nitrogen and oxygen atoms in total. The Morgan fingerprint density at radius 2 is 1.43 bits per heavy atom. The largest absolute Gasteiger partial charge is 0.370 e. The highest BCUT2D eigenvalue weighted by atomic mass is 16.2. The number of aromatic amines is 1. The Balaban J connectivity index is 1.50. The Bertz CT molecular complexity index is 1140. The van der Waals surface area contributed by atoms with E-state index in [0.717, 1.165) is 17.5 Å². The molecule has 1 heterocycles. The predicted octanol–water partition coefficient (Wildman–Crippen LogP) is 0.273. The zero-order valence-corrected chi connectivity index (χ0v) is 19.1. The Morgan fingerprint density at radius 3 is 1.97 bits per heavy atom. The molecule has 3 aromatic rings. The summed E-state index contributed by atoms with van der Waals surface area (Å²) in [5, 5.41) is 24.9. The maximum Gasteiger partial charge on any atom is 0.276 e. The molecule has 0 aliphatic carbocycles. The number of hydrogen-bond donors (Lipinski definition) is 9. The molecule has 12 N–H and O–H groups in total. The van der Waals surface area contributed by atoms with Crippen LogP contribution in [0.25, 0.3) is 0 Å². The topological polar surface area (TPSA) is 213 Å². The lowest BCUT2D eigenvalue weighted by atomic mass is 10.1. The molecule has 0 saturated carbocycles. The van der Waals surface area contributed by atoms with Crippen molar-refractivity contribution in [1.29, 1.82) is 5.41 Å². The van der Waals surface area contributed by atoms with Crippen LogP contribution >= 0.6 is 0 Å². The first kappa shape index (κ1) is 25.4. The number of rotatable bonds is 11. The van der Waals surface area contributed by atoms with Crippen molar-refractivity contribution in [2.75, 3.05) is 23.7 Å². The smallest absolute Gasteiger partial charge is 0.276 e. The van der Waals surface area contributed by atoms with Crippen LogP contribution in [0.15, 0.2) is 54.6 Å². The van der Waals surface area contributed by atoms with Crippen LogP contribution in [0.2, 0.25) is 0 Å². The van der Waals surface area contributed by atoms with E-state index in [1.54, 1.807) is 24.3 Å². The predicted molar refractivity (Wildman–Crippen MR) is 135 cm³/mol.